The fourth-order valence-corrected chi connectivity index (χ4v) is 4.85. The first kappa shape index (κ1) is 19.7. The normalized spacial score (nSPS) is 15.7. The van der Waals surface area contributed by atoms with Crippen LogP contribution in [0.3, 0.4) is 0 Å². The van der Waals surface area contributed by atoms with Crippen molar-refractivity contribution >= 4 is 17.7 Å². The zero-order chi connectivity index (χ0) is 20.2. The summed E-state index contributed by atoms with van der Waals surface area (Å²) < 4.78 is 0. The van der Waals surface area contributed by atoms with Crippen molar-refractivity contribution in [2.45, 2.75) is 42.0 Å². The van der Waals surface area contributed by atoms with Gasteiger partial charge in [0.1, 0.15) is 0 Å². The fourth-order valence-electron chi connectivity index (χ4n) is 3.88. The standard InChI is InChI=1S/C24H24N2O2S/c1-16-4-2-3-5-23(16)29-19-7-8-20-17(14-19)10-13-26-22(20)9-6-18-15-25-12-11-21(18)24(27)28/h2-5,7-8,11-12,14-15,22,26H,6,9-10,13H2,1H3,(H,27,28)/t22-/m0/s1. The molecule has 0 unspecified atom stereocenters. The lowest BCUT2D eigenvalue weighted by Gasteiger charge is -2.27. The van der Waals surface area contributed by atoms with E-state index in [9.17, 15) is 9.90 Å². The Balaban J connectivity index is 1.50. The molecule has 148 valence electrons. The Morgan fingerprint density at radius 2 is 2.10 bits per heavy atom. The molecule has 5 heteroatoms. The van der Waals surface area contributed by atoms with E-state index in [2.05, 4.69) is 59.7 Å². The zero-order valence-electron chi connectivity index (χ0n) is 16.4. The molecule has 1 atom stereocenters. The van der Waals surface area contributed by atoms with Gasteiger partial charge in [-0.2, -0.15) is 0 Å². The van der Waals surface area contributed by atoms with Gasteiger partial charge in [-0.3, -0.25) is 4.98 Å². The third kappa shape index (κ3) is 4.52. The number of aromatic nitrogens is 1. The molecule has 1 aromatic heterocycles. The molecule has 1 aliphatic heterocycles. The van der Waals surface area contributed by atoms with Crippen LogP contribution in [-0.2, 0) is 12.8 Å². The molecule has 29 heavy (non-hydrogen) atoms. The number of aromatic carboxylic acids is 1. The summed E-state index contributed by atoms with van der Waals surface area (Å²) in [6, 6.07) is 17.0. The second-order valence-corrected chi connectivity index (χ2v) is 8.48. The van der Waals surface area contributed by atoms with Crippen molar-refractivity contribution in [3.05, 3.63) is 88.7 Å². The molecule has 0 spiro atoms. The minimum atomic E-state index is -0.891. The van der Waals surface area contributed by atoms with Crippen LogP contribution in [-0.4, -0.2) is 22.6 Å². The number of carboxylic acid groups (broad SMARTS) is 1. The van der Waals surface area contributed by atoms with Crippen molar-refractivity contribution in [1.82, 2.24) is 10.3 Å². The number of hydrogen-bond acceptors (Lipinski definition) is 4. The number of nitrogens with one attached hydrogen (secondary N) is 1. The summed E-state index contributed by atoms with van der Waals surface area (Å²) in [5.74, 6) is -0.891. The molecule has 2 heterocycles. The first-order valence-corrected chi connectivity index (χ1v) is 10.7. The molecule has 4 nitrogen and oxygen atoms in total. The molecule has 2 aromatic carbocycles. The van der Waals surface area contributed by atoms with Crippen molar-refractivity contribution in [2.75, 3.05) is 6.54 Å². The van der Waals surface area contributed by atoms with E-state index in [1.807, 2.05) is 11.8 Å². The molecular formula is C24H24N2O2S. The highest BCUT2D eigenvalue weighted by Gasteiger charge is 2.21. The summed E-state index contributed by atoms with van der Waals surface area (Å²) >= 11 is 1.81. The van der Waals surface area contributed by atoms with Crippen LogP contribution in [0.1, 0.15) is 45.1 Å². The molecule has 1 aliphatic rings. The van der Waals surface area contributed by atoms with Crippen LogP contribution >= 0.6 is 11.8 Å². The minimum absolute atomic E-state index is 0.234. The average Bonchev–Trinajstić information content (AvgIpc) is 2.74. The summed E-state index contributed by atoms with van der Waals surface area (Å²) in [4.78, 5) is 18.1. The maximum atomic E-state index is 11.4. The van der Waals surface area contributed by atoms with Gasteiger partial charge in [-0.25, -0.2) is 4.79 Å². The zero-order valence-corrected chi connectivity index (χ0v) is 17.2. The molecule has 0 bridgehead atoms. The summed E-state index contributed by atoms with van der Waals surface area (Å²) in [5, 5.41) is 13.0. The van der Waals surface area contributed by atoms with Gasteiger partial charge in [0.05, 0.1) is 5.56 Å². The number of benzene rings is 2. The Kier molecular flexibility index (Phi) is 5.97. The molecule has 0 aliphatic carbocycles. The first-order chi connectivity index (χ1) is 14.1. The van der Waals surface area contributed by atoms with Crippen LogP contribution in [0.4, 0.5) is 0 Å². The Bertz CT molecular complexity index is 1030. The van der Waals surface area contributed by atoms with Crippen LogP contribution in [0.5, 0.6) is 0 Å². The Morgan fingerprint density at radius 3 is 2.93 bits per heavy atom. The summed E-state index contributed by atoms with van der Waals surface area (Å²) in [5.41, 5.74) is 5.14. The lowest BCUT2D eigenvalue weighted by molar-refractivity contribution is 0.0695. The highest BCUT2D eigenvalue weighted by molar-refractivity contribution is 7.99. The molecule has 3 aromatic rings. The Morgan fingerprint density at radius 1 is 1.24 bits per heavy atom. The van der Waals surface area contributed by atoms with Gasteiger partial charge in [0.15, 0.2) is 0 Å². The van der Waals surface area contributed by atoms with E-state index in [1.54, 1.807) is 12.3 Å². The number of hydrogen-bond donors (Lipinski definition) is 2. The van der Waals surface area contributed by atoms with Gasteiger partial charge in [-0.1, -0.05) is 36.0 Å². The summed E-state index contributed by atoms with van der Waals surface area (Å²) in [6.07, 6.45) is 5.76. The van der Waals surface area contributed by atoms with Gasteiger partial charge < -0.3 is 10.4 Å². The van der Waals surface area contributed by atoms with E-state index in [0.29, 0.717) is 12.0 Å². The highest BCUT2D eigenvalue weighted by atomic mass is 32.2. The molecule has 0 saturated carbocycles. The largest absolute Gasteiger partial charge is 0.478 e. The van der Waals surface area contributed by atoms with E-state index in [0.717, 1.165) is 24.9 Å². The van der Waals surface area contributed by atoms with Crippen molar-refractivity contribution < 1.29 is 9.90 Å². The molecule has 0 saturated heterocycles. The van der Waals surface area contributed by atoms with Crippen molar-refractivity contribution in [3.8, 4) is 0 Å². The molecular weight excluding hydrogens is 380 g/mol. The van der Waals surface area contributed by atoms with E-state index in [1.165, 1.54) is 32.7 Å². The summed E-state index contributed by atoms with van der Waals surface area (Å²) in [6.45, 7) is 3.08. The first-order valence-electron chi connectivity index (χ1n) is 9.87. The van der Waals surface area contributed by atoms with Crippen molar-refractivity contribution in [2.24, 2.45) is 0 Å². The molecule has 0 amide bonds. The second-order valence-electron chi connectivity index (χ2n) is 7.36. The van der Waals surface area contributed by atoms with Gasteiger partial charge in [-0.05, 0) is 79.3 Å². The SMILES string of the molecule is Cc1ccccc1Sc1ccc2c(c1)CCN[C@H]2CCc1cnccc1C(=O)O. The van der Waals surface area contributed by atoms with Gasteiger partial charge in [0, 0.05) is 28.2 Å². The smallest absolute Gasteiger partial charge is 0.336 e. The number of nitrogens with zero attached hydrogens (tertiary/aromatic N) is 1. The molecule has 4 rings (SSSR count). The lowest BCUT2D eigenvalue weighted by Crippen LogP contribution is -2.30. The van der Waals surface area contributed by atoms with E-state index in [-0.39, 0.29) is 6.04 Å². The van der Waals surface area contributed by atoms with Gasteiger partial charge >= 0.3 is 5.97 Å². The topological polar surface area (TPSA) is 62.2 Å². The number of carboxylic acids is 1. The van der Waals surface area contributed by atoms with E-state index >= 15 is 0 Å². The van der Waals surface area contributed by atoms with Crippen molar-refractivity contribution in [1.29, 1.82) is 0 Å². The number of fused-ring (bicyclic) bond motifs is 1. The summed E-state index contributed by atoms with van der Waals surface area (Å²) in [7, 11) is 0. The number of aryl methyl sites for hydroxylation is 2. The van der Waals surface area contributed by atoms with Crippen LogP contribution in [0.2, 0.25) is 0 Å². The quantitative estimate of drug-likeness (QED) is 0.601. The van der Waals surface area contributed by atoms with Crippen LogP contribution < -0.4 is 5.32 Å². The van der Waals surface area contributed by atoms with E-state index in [4.69, 9.17) is 0 Å². The lowest BCUT2D eigenvalue weighted by atomic mass is 9.90. The van der Waals surface area contributed by atoms with Crippen LogP contribution in [0.25, 0.3) is 0 Å². The van der Waals surface area contributed by atoms with Crippen LogP contribution in [0, 0.1) is 6.92 Å². The monoisotopic (exact) mass is 404 g/mol. The third-order valence-corrected chi connectivity index (χ3v) is 6.60. The van der Waals surface area contributed by atoms with Crippen molar-refractivity contribution in [3.63, 3.8) is 0 Å². The third-order valence-electron chi connectivity index (χ3n) is 5.43. The van der Waals surface area contributed by atoms with Gasteiger partial charge in [0.25, 0.3) is 0 Å². The predicted octanol–water partition coefficient (Wildman–Crippen LogP) is 5.06. The molecule has 0 radical (unpaired) electrons. The maximum Gasteiger partial charge on any atom is 0.336 e. The Hall–Kier alpha value is -2.63. The maximum absolute atomic E-state index is 11.4. The second kappa shape index (κ2) is 8.80. The molecule has 0 fully saturated rings. The number of rotatable bonds is 6. The van der Waals surface area contributed by atoms with E-state index < -0.39 is 5.97 Å². The average molecular weight is 405 g/mol. The van der Waals surface area contributed by atoms with Gasteiger partial charge in [-0.15, -0.1) is 0 Å². The van der Waals surface area contributed by atoms with Gasteiger partial charge in [0.2, 0.25) is 0 Å². The number of pyridine rings is 1. The predicted molar refractivity (Wildman–Crippen MR) is 116 cm³/mol. The van der Waals surface area contributed by atoms with Crippen LogP contribution in [0.15, 0.2) is 70.7 Å². The fraction of sp³-hybridized carbons (Fsp3) is 0.250. The Labute approximate surface area is 175 Å². The highest BCUT2D eigenvalue weighted by Crippen LogP contribution is 2.34. The number of carbonyl (C=O) groups is 1. The molecule has 2 N–H and O–H groups in total. The minimum Gasteiger partial charge on any atom is -0.478 e.